The molecule has 3 N–H and O–H groups in total. The smallest absolute Gasteiger partial charge is 0.416 e. The zero-order valence-corrected chi connectivity index (χ0v) is 20.0. The van der Waals surface area contributed by atoms with Crippen LogP contribution in [-0.2, 0) is 17.5 Å². The second-order valence-corrected chi connectivity index (χ2v) is 8.50. The lowest BCUT2D eigenvalue weighted by Crippen LogP contribution is -2.47. The minimum atomic E-state index is -4.46. The fourth-order valence-corrected chi connectivity index (χ4v) is 3.83. The van der Waals surface area contributed by atoms with Crippen molar-refractivity contribution >= 4 is 18.0 Å². The second kappa shape index (κ2) is 12.5. The number of nitrogens with one attached hydrogen (secondary N) is 3. The Labute approximate surface area is 210 Å². The Hall–Kier alpha value is -3.70. The molecule has 0 radical (unpaired) electrons. The molecule has 2 amide bonds. The van der Waals surface area contributed by atoms with Gasteiger partial charge in [-0.3, -0.25) is 4.79 Å². The van der Waals surface area contributed by atoms with Gasteiger partial charge in [-0.2, -0.15) is 18.2 Å². The summed E-state index contributed by atoms with van der Waals surface area (Å²) < 4.78 is 70.2. The highest BCUT2D eigenvalue weighted by Crippen LogP contribution is 2.29. The molecule has 7 nitrogen and oxygen atoms in total. The minimum absolute atomic E-state index is 0.0384. The monoisotopic (exact) mass is 526 g/mol. The minimum Gasteiger partial charge on any atom is -0.450 e. The summed E-state index contributed by atoms with van der Waals surface area (Å²) in [6, 6.07) is 6.97. The van der Waals surface area contributed by atoms with E-state index in [0.717, 1.165) is 30.3 Å². The number of ether oxygens (including phenoxy) is 1. The summed E-state index contributed by atoms with van der Waals surface area (Å²) >= 11 is 0. The highest BCUT2D eigenvalue weighted by Gasteiger charge is 2.30. The van der Waals surface area contributed by atoms with Crippen molar-refractivity contribution in [1.29, 1.82) is 0 Å². The van der Waals surface area contributed by atoms with Gasteiger partial charge in [0, 0.05) is 24.2 Å². The van der Waals surface area contributed by atoms with Gasteiger partial charge in [0.2, 0.25) is 0 Å². The molecule has 0 bridgehead atoms. The lowest BCUT2D eigenvalue weighted by molar-refractivity contribution is -0.137. The van der Waals surface area contributed by atoms with Gasteiger partial charge in [-0.15, -0.1) is 0 Å². The quantitative estimate of drug-likeness (QED) is 0.283. The van der Waals surface area contributed by atoms with Crippen molar-refractivity contribution in [3.05, 3.63) is 70.8 Å². The van der Waals surface area contributed by atoms with Gasteiger partial charge in [0.15, 0.2) is 17.6 Å². The fourth-order valence-electron chi connectivity index (χ4n) is 3.83. The number of nitrogens with zero attached hydrogens (tertiary/aromatic N) is 1. The van der Waals surface area contributed by atoms with Crippen molar-refractivity contribution in [3.63, 3.8) is 0 Å². The van der Waals surface area contributed by atoms with Gasteiger partial charge in [0.25, 0.3) is 5.91 Å². The summed E-state index contributed by atoms with van der Waals surface area (Å²) in [5, 5.41) is 8.81. The van der Waals surface area contributed by atoms with Crippen LogP contribution in [0.5, 0.6) is 0 Å². The number of benzene rings is 2. The first-order chi connectivity index (χ1) is 17.5. The molecule has 0 atom stereocenters. The van der Waals surface area contributed by atoms with E-state index in [2.05, 4.69) is 20.9 Å². The van der Waals surface area contributed by atoms with Crippen molar-refractivity contribution in [2.75, 3.05) is 6.61 Å². The van der Waals surface area contributed by atoms with E-state index in [-0.39, 0.29) is 36.8 Å². The van der Waals surface area contributed by atoms with Crippen LogP contribution in [0.4, 0.5) is 26.7 Å². The van der Waals surface area contributed by atoms with E-state index in [1.165, 1.54) is 12.1 Å². The molecule has 0 aromatic heterocycles. The lowest BCUT2D eigenvalue weighted by atomic mass is 9.91. The van der Waals surface area contributed by atoms with E-state index in [1.54, 1.807) is 6.92 Å². The summed E-state index contributed by atoms with van der Waals surface area (Å²) in [4.78, 5) is 28.2. The largest absolute Gasteiger partial charge is 0.450 e. The highest BCUT2D eigenvalue weighted by atomic mass is 19.4. The van der Waals surface area contributed by atoms with Crippen molar-refractivity contribution < 1.29 is 36.3 Å². The van der Waals surface area contributed by atoms with Crippen LogP contribution in [0.25, 0.3) is 0 Å². The summed E-state index contributed by atoms with van der Waals surface area (Å²) in [7, 11) is 0. The maximum Gasteiger partial charge on any atom is 0.416 e. The van der Waals surface area contributed by atoms with E-state index in [4.69, 9.17) is 4.74 Å². The van der Waals surface area contributed by atoms with Crippen LogP contribution < -0.4 is 16.0 Å². The number of hydrogen-bond donors (Lipinski definition) is 3. The van der Waals surface area contributed by atoms with Gasteiger partial charge >= 0.3 is 12.3 Å². The third-order valence-electron chi connectivity index (χ3n) is 5.79. The molecule has 1 aliphatic rings. The first kappa shape index (κ1) is 27.9. The molecular formula is C25H27F5N4O3. The molecule has 0 saturated heterocycles. The Morgan fingerprint density at radius 2 is 1.57 bits per heavy atom. The molecule has 12 heteroatoms. The van der Waals surface area contributed by atoms with Crippen LogP contribution in [0, 0.1) is 11.6 Å². The number of carbonyl (C=O) groups excluding carboxylic acids is 2. The average Bonchev–Trinajstić information content (AvgIpc) is 2.85. The zero-order valence-electron chi connectivity index (χ0n) is 20.0. The normalized spacial score (nSPS) is 18.2. The van der Waals surface area contributed by atoms with Crippen molar-refractivity contribution in [3.8, 4) is 0 Å². The Kier molecular flexibility index (Phi) is 9.42. The number of rotatable bonds is 6. The van der Waals surface area contributed by atoms with Crippen LogP contribution in [-0.4, -0.2) is 36.7 Å². The molecule has 0 unspecified atom stereocenters. The second-order valence-electron chi connectivity index (χ2n) is 8.50. The molecule has 200 valence electrons. The Morgan fingerprint density at radius 3 is 2.14 bits per heavy atom. The summed E-state index contributed by atoms with van der Waals surface area (Å²) in [5.74, 6) is -3.09. The van der Waals surface area contributed by atoms with Crippen molar-refractivity contribution in [2.24, 2.45) is 4.99 Å². The summed E-state index contributed by atoms with van der Waals surface area (Å²) in [6.45, 7) is 2.02. The Morgan fingerprint density at radius 1 is 0.946 bits per heavy atom. The van der Waals surface area contributed by atoms with E-state index in [0.29, 0.717) is 31.2 Å². The van der Waals surface area contributed by atoms with Gasteiger partial charge in [-0.05, 0) is 68.5 Å². The standard InChI is InChI=1S/C25H27F5N4O3/c1-2-37-24(36)33-19-10-8-18(9-11-19)32-23(34-22(35)16-5-12-20(26)21(27)13-16)31-14-15-3-6-17(7-4-15)25(28,29)30/h3-7,12-13,18-19H,2,8-11,14H2,1H3,(H,33,36)(H2,31,32,34,35)/t18-,19-. The van der Waals surface area contributed by atoms with Crippen LogP contribution in [0.1, 0.15) is 54.1 Å². The molecule has 0 spiro atoms. The molecular weight excluding hydrogens is 499 g/mol. The number of amides is 2. The third-order valence-corrected chi connectivity index (χ3v) is 5.79. The Bertz CT molecular complexity index is 1110. The maximum atomic E-state index is 13.6. The number of carbonyl (C=O) groups is 2. The van der Waals surface area contributed by atoms with Crippen molar-refractivity contribution in [1.82, 2.24) is 16.0 Å². The van der Waals surface area contributed by atoms with Gasteiger partial charge in [-0.1, -0.05) is 12.1 Å². The average molecular weight is 527 g/mol. The van der Waals surface area contributed by atoms with E-state index in [9.17, 15) is 31.5 Å². The number of hydrogen-bond acceptors (Lipinski definition) is 3. The van der Waals surface area contributed by atoms with Crippen LogP contribution >= 0.6 is 0 Å². The topological polar surface area (TPSA) is 91.8 Å². The van der Waals surface area contributed by atoms with Crippen LogP contribution in [0.2, 0.25) is 0 Å². The highest BCUT2D eigenvalue weighted by molar-refractivity contribution is 6.02. The van der Waals surface area contributed by atoms with Gasteiger partial charge in [0.05, 0.1) is 12.2 Å². The molecule has 2 aromatic rings. The van der Waals surface area contributed by atoms with E-state index in [1.807, 2.05) is 0 Å². The van der Waals surface area contributed by atoms with Crippen molar-refractivity contribution in [2.45, 2.75) is 57.4 Å². The predicted molar refractivity (Wildman–Crippen MR) is 126 cm³/mol. The predicted octanol–water partition coefficient (Wildman–Crippen LogP) is 4.92. The maximum absolute atomic E-state index is 13.6. The van der Waals surface area contributed by atoms with Gasteiger partial charge in [-0.25, -0.2) is 13.6 Å². The molecule has 2 aromatic carbocycles. The molecule has 1 fully saturated rings. The number of alkyl carbamates (subject to hydrolysis) is 1. The third kappa shape index (κ3) is 8.43. The molecule has 3 rings (SSSR count). The Balaban J connectivity index is 1.69. The molecule has 37 heavy (non-hydrogen) atoms. The molecule has 1 aliphatic carbocycles. The first-order valence-electron chi connectivity index (χ1n) is 11.7. The number of alkyl halides is 3. The number of halogens is 5. The lowest BCUT2D eigenvalue weighted by Gasteiger charge is -2.30. The molecule has 0 aliphatic heterocycles. The number of guanidine groups is 1. The fraction of sp³-hybridized carbons (Fsp3) is 0.400. The number of aliphatic imine (C=N–C) groups is 1. The zero-order chi connectivity index (χ0) is 27.0. The first-order valence-corrected chi connectivity index (χ1v) is 11.7. The van der Waals surface area contributed by atoms with Gasteiger partial charge < -0.3 is 20.7 Å². The SMILES string of the molecule is CCOC(=O)N[C@H]1CC[C@H](N/C(=N\C(=O)c2ccc(F)c(F)c2)NCc2ccc(C(F)(F)F)cc2)CC1. The molecule has 1 saturated carbocycles. The van der Waals surface area contributed by atoms with Gasteiger partial charge in [0.1, 0.15) is 0 Å². The van der Waals surface area contributed by atoms with Crippen LogP contribution in [0.3, 0.4) is 0 Å². The molecule has 0 heterocycles. The van der Waals surface area contributed by atoms with E-state index >= 15 is 0 Å². The van der Waals surface area contributed by atoms with Crippen LogP contribution in [0.15, 0.2) is 47.5 Å². The summed E-state index contributed by atoms with van der Waals surface area (Å²) in [6.07, 6.45) is -2.43. The summed E-state index contributed by atoms with van der Waals surface area (Å²) in [5.41, 5.74) is -0.452. The van der Waals surface area contributed by atoms with E-state index < -0.39 is 35.4 Å².